The lowest BCUT2D eigenvalue weighted by atomic mass is 9.96. The molecule has 0 bridgehead atoms. The quantitative estimate of drug-likeness (QED) is 0.758. The van der Waals surface area contributed by atoms with Gasteiger partial charge in [0.25, 0.3) is 0 Å². The van der Waals surface area contributed by atoms with Crippen LogP contribution < -0.4 is 15.2 Å². The Morgan fingerprint density at radius 2 is 1.88 bits per heavy atom. The van der Waals surface area contributed by atoms with Crippen molar-refractivity contribution in [3.8, 4) is 5.75 Å². The van der Waals surface area contributed by atoms with Crippen LogP contribution in [0.25, 0.3) is 11.6 Å². The Kier molecular flexibility index (Phi) is 2.29. The van der Waals surface area contributed by atoms with E-state index >= 15 is 0 Å². The highest BCUT2D eigenvalue weighted by Gasteiger charge is 2.18. The van der Waals surface area contributed by atoms with Crippen molar-refractivity contribution in [2.45, 2.75) is 0 Å². The molecular weight excluding hydrogens is 212 g/mol. The van der Waals surface area contributed by atoms with Crippen molar-refractivity contribution in [2.24, 2.45) is 5.92 Å². The van der Waals surface area contributed by atoms with E-state index in [4.69, 9.17) is 9.47 Å². The van der Waals surface area contributed by atoms with Gasteiger partial charge in [0.2, 0.25) is 0 Å². The van der Waals surface area contributed by atoms with Gasteiger partial charge in [-0.3, -0.25) is 0 Å². The number of hydrogen-bond acceptors (Lipinski definition) is 2. The fourth-order valence-corrected chi connectivity index (χ4v) is 2.41. The number of methoxy groups -OCH3 is 2. The minimum atomic E-state index is 0.331. The second-order valence-corrected chi connectivity index (χ2v) is 4.21. The Balaban J connectivity index is 2.18. The summed E-state index contributed by atoms with van der Waals surface area (Å²) in [7, 11) is 3.39. The number of allylic oxidation sites excluding steroid dienone is 3. The third kappa shape index (κ3) is 1.57. The van der Waals surface area contributed by atoms with Gasteiger partial charge in [-0.1, -0.05) is 18.2 Å². The van der Waals surface area contributed by atoms with E-state index in [0.29, 0.717) is 5.92 Å². The van der Waals surface area contributed by atoms with Crippen LogP contribution in [-0.4, -0.2) is 14.2 Å². The standard InChI is InChI=1S/C15H14O2/c1-16-12-3-5-14-10(8-12)7-11-9-13(17-2)4-6-15(11)14/h3-10H,1-2H3. The monoisotopic (exact) mass is 226 g/mol. The highest BCUT2D eigenvalue weighted by Crippen LogP contribution is 2.26. The van der Waals surface area contributed by atoms with Gasteiger partial charge in [0, 0.05) is 5.92 Å². The van der Waals surface area contributed by atoms with Crippen molar-refractivity contribution in [2.75, 3.05) is 14.2 Å². The van der Waals surface area contributed by atoms with Crippen LogP contribution in [-0.2, 0) is 4.74 Å². The maximum atomic E-state index is 5.26. The van der Waals surface area contributed by atoms with Gasteiger partial charge in [-0.2, -0.15) is 0 Å². The lowest BCUT2D eigenvalue weighted by Crippen LogP contribution is -2.22. The zero-order valence-electron chi connectivity index (χ0n) is 9.94. The number of ether oxygens (including phenoxy) is 2. The van der Waals surface area contributed by atoms with Gasteiger partial charge < -0.3 is 9.47 Å². The predicted octanol–water partition coefficient (Wildman–Crippen LogP) is 1.36. The lowest BCUT2D eigenvalue weighted by molar-refractivity contribution is 0.304. The van der Waals surface area contributed by atoms with E-state index in [1.165, 1.54) is 16.0 Å². The van der Waals surface area contributed by atoms with Crippen molar-refractivity contribution in [1.82, 2.24) is 0 Å². The van der Waals surface area contributed by atoms with Crippen molar-refractivity contribution < 1.29 is 9.47 Å². The Morgan fingerprint density at radius 1 is 1.00 bits per heavy atom. The van der Waals surface area contributed by atoms with Crippen LogP contribution >= 0.6 is 0 Å². The Labute approximate surface area is 100 Å². The molecule has 0 amide bonds. The molecule has 86 valence electrons. The van der Waals surface area contributed by atoms with Crippen LogP contribution in [0.15, 0.2) is 42.2 Å². The summed E-state index contributed by atoms with van der Waals surface area (Å²) in [6.07, 6.45) is 8.54. The maximum Gasteiger partial charge on any atom is 0.119 e. The van der Waals surface area contributed by atoms with Crippen LogP contribution in [0.3, 0.4) is 0 Å². The van der Waals surface area contributed by atoms with Crippen LogP contribution in [0.2, 0.25) is 0 Å². The van der Waals surface area contributed by atoms with Crippen LogP contribution in [0.5, 0.6) is 5.75 Å². The van der Waals surface area contributed by atoms with E-state index in [9.17, 15) is 0 Å². The molecule has 1 aromatic rings. The molecule has 2 aliphatic carbocycles. The molecule has 1 aromatic carbocycles. The Hall–Kier alpha value is -1.96. The molecule has 0 radical (unpaired) electrons. The first-order valence-corrected chi connectivity index (χ1v) is 5.66. The fraction of sp³-hybridized carbons (Fsp3) is 0.200. The van der Waals surface area contributed by atoms with Crippen molar-refractivity contribution in [3.05, 3.63) is 52.6 Å². The lowest BCUT2D eigenvalue weighted by Gasteiger charge is -2.13. The second kappa shape index (κ2) is 3.81. The highest BCUT2D eigenvalue weighted by molar-refractivity contribution is 5.75. The van der Waals surface area contributed by atoms with Crippen LogP contribution in [0.1, 0.15) is 0 Å². The summed E-state index contributed by atoms with van der Waals surface area (Å²) < 4.78 is 10.5. The summed E-state index contributed by atoms with van der Waals surface area (Å²) in [6, 6.07) is 6.20. The summed E-state index contributed by atoms with van der Waals surface area (Å²) in [6.45, 7) is 0. The van der Waals surface area contributed by atoms with Gasteiger partial charge >= 0.3 is 0 Å². The molecule has 1 unspecified atom stereocenters. The zero-order chi connectivity index (χ0) is 11.8. The molecule has 2 nitrogen and oxygen atoms in total. The fourth-order valence-electron chi connectivity index (χ4n) is 2.41. The summed E-state index contributed by atoms with van der Waals surface area (Å²) >= 11 is 0. The third-order valence-corrected chi connectivity index (χ3v) is 3.29. The zero-order valence-corrected chi connectivity index (χ0v) is 9.94. The van der Waals surface area contributed by atoms with Crippen molar-refractivity contribution >= 4 is 11.6 Å². The molecule has 0 saturated carbocycles. The van der Waals surface area contributed by atoms with Gasteiger partial charge in [-0.25, -0.2) is 0 Å². The highest BCUT2D eigenvalue weighted by atomic mass is 16.5. The SMILES string of the molecule is COC1=CC2C=c3cc(OC)ccc3=C2C=C1. The molecule has 0 fully saturated rings. The van der Waals surface area contributed by atoms with Gasteiger partial charge in [-0.05, 0) is 40.3 Å². The first-order chi connectivity index (χ1) is 8.31. The molecule has 2 heteroatoms. The van der Waals surface area contributed by atoms with Gasteiger partial charge in [0.1, 0.15) is 11.5 Å². The van der Waals surface area contributed by atoms with E-state index in [2.05, 4.69) is 30.4 Å². The van der Waals surface area contributed by atoms with Gasteiger partial charge in [0.15, 0.2) is 0 Å². The van der Waals surface area contributed by atoms with Crippen LogP contribution in [0, 0.1) is 5.92 Å². The normalized spacial score (nSPS) is 20.2. The van der Waals surface area contributed by atoms with E-state index < -0.39 is 0 Å². The maximum absolute atomic E-state index is 5.26. The topological polar surface area (TPSA) is 18.5 Å². The second-order valence-electron chi connectivity index (χ2n) is 4.21. The number of benzene rings is 1. The molecule has 0 aromatic heterocycles. The summed E-state index contributed by atoms with van der Waals surface area (Å²) in [4.78, 5) is 0. The molecule has 1 atom stereocenters. The Bertz CT molecular complexity index is 635. The number of fused-ring (bicyclic) bond motifs is 2. The summed E-state index contributed by atoms with van der Waals surface area (Å²) in [5.74, 6) is 2.16. The predicted molar refractivity (Wildman–Crippen MR) is 67.8 cm³/mol. The number of hydrogen-bond donors (Lipinski definition) is 0. The minimum Gasteiger partial charge on any atom is -0.497 e. The molecule has 2 aliphatic rings. The summed E-state index contributed by atoms with van der Waals surface area (Å²) in [5.41, 5.74) is 1.34. The molecule has 3 rings (SSSR count). The molecule has 0 N–H and O–H groups in total. The molecule has 17 heavy (non-hydrogen) atoms. The van der Waals surface area contributed by atoms with E-state index in [0.717, 1.165) is 11.5 Å². The van der Waals surface area contributed by atoms with E-state index in [1.54, 1.807) is 14.2 Å². The molecule has 0 aliphatic heterocycles. The Morgan fingerprint density at radius 3 is 2.65 bits per heavy atom. The minimum absolute atomic E-state index is 0.331. The average molecular weight is 226 g/mol. The first-order valence-electron chi connectivity index (χ1n) is 5.66. The first kappa shape index (κ1) is 10.2. The van der Waals surface area contributed by atoms with Crippen molar-refractivity contribution in [1.29, 1.82) is 0 Å². The van der Waals surface area contributed by atoms with Gasteiger partial charge in [-0.15, -0.1) is 0 Å². The van der Waals surface area contributed by atoms with Crippen LogP contribution in [0.4, 0.5) is 0 Å². The third-order valence-electron chi connectivity index (χ3n) is 3.29. The molecule has 0 heterocycles. The molecular formula is C15H14O2. The van der Waals surface area contributed by atoms with Crippen molar-refractivity contribution in [3.63, 3.8) is 0 Å². The smallest absolute Gasteiger partial charge is 0.119 e. The summed E-state index contributed by atoms with van der Waals surface area (Å²) in [5, 5.41) is 2.53. The molecule has 0 spiro atoms. The molecule has 0 saturated heterocycles. The van der Waals surface area contributed by atoms with Gasteiger partial charge in [0.05, 0.1) is 14.2 Å². The van der Waals surface area contributed by atoms with E-state index in [-0.39, 0.29) is 0 Å². The van der Waals surface area contributed by atoms with E-state index in [1.807, 2.05) is 12.1 Å². The average Bonchev–Trinajstić information content (AvgIpc) is 2.74. The number of rotatable bonds is 2. The largest absolute Gasteiger partial charge is 0.497 e.